The number of carbonyl (C=O) groups is 1. The summed E-state index contributed by atoms with van der Waals surface area (Å²) in [7, 11) is 3.88. The zero-order chi connectivity index (χ0) is 20.9. The van der Waals surface area contributed by atoms with E-state index in [-0.39, 0.29) is 5.91 Å². The second-order valence-electron chi connectivity index (χ2n) is 7.33. The van der Waals surface area contributed by atoms with Crippen molar-refractivity contribution in [2.45, 2.75) is 0 Å². The van der Waals surface area contributed by atoms with E-state index in [0.717, 1.165) is 11.6 Å². The van der Waals surface area contributed by atoms with Gasteiger partial charge in [0.25, 0.3) is 5.91 Å². The molecule has 1 aliphatic heterocycles. The summed E-state index contributed by atoms with van der Waals surface area (Å²) in [6.45, 7) is 2.66. The average molecular weight is 403 g/mol. The largest absolute Gasteiger partial charge is 0.457 e. The van der Waals surface area contributed by atoms with E-state index in [4.69, 9.17) is 4.74 Å². The number of rotatable bonds is 5. The van der Waals surface area contributed by atoms with Gasteiger partial charge in [-0.05, 0) is 36.4 Å². The molecule has 0 bridgehead atoms. The SMILES string of the molecule is CN(C)c1ccc(N2CCN(C(=O)c3ccccc3Oc3ccccc3)CC2)nn1. The molecule has 0 unspecified atom stereocenters. The zero-order valence-electron chi connectivity index (χ0n) is 17.2. The van der Waals surface area contributed by atoms with Gasteiger partial charge in [-0.3, -0.25) is 4.79 Å². The fourth-order valence-electron chi connectivity index (χ4n) is 3.38. The maximum Gasteiger partial charge on any atom is 0.257 e. The third kappa shape index (κ3) is 4.35. The molecule has 0 radical (unpaired) electrons. The Hall–Kier alpha value is -3.61. The predicted octanol–water partition coefficient (Wildman–Crippen LogP) is 3.30. The highest BCUT2D eigenvalue weighted by Gasteiger charge is 2.25. The lowest BCUT2D eigenvalue weighted by Crippen LogP contribution is -2.49. The lowest BCUT2D eigenvalue weighted by Gasteiger charge is -2.35. The molecule has 1 aromatic heterocycles. The first kappa shape index (κ1) is 19.7. The van der Waals surface area contributed by atoms with Gasteiger partial charge >= 0.3 is 0 Å². The summed E-state index contributed by atoms with van der Waals surface area (Å²) >= 11 is 0. The lowest BCUT2D eigenvalue weighted by molar-refractivity contribution is 0.0744. The van der Waals surface area contributed by atoms with Crippen molar-refractivity contribution in [2.24, 2.45) is 0 Å². The Labute approximate surface area is 176 Å². The molecule has 2 heterocycles. The second kappa shape index (κ2) is 8.82. The Morgan fingerprint density at radius 3 is 2.23 bits per heavy atom. The zero-order valence-corrected chi connectivity index (χ0v) is 17.2. The van der Waals surface area contributed by atoms with Crippen molar-refractivity contribution in [1.29, 1.82) is 0 Å². The van der Waals surface area contributed by atoms with Gasteiger partial charge in [-0.25, -0.2) is 0 Å². The van der Waals surface area contributed by atoms with Crippen molar-refractivity contribution in [1.82, 2.24) is 15.1 Å². The molecule has 7 heteroatoms. The first-order chi connectivity index (χ1) is 14.6. The molecular formula is C23H25N5O2. The monoisotopic (exact) mass is 403 g/mol. The van der Waals surface area contributed by atoms with E-state index in [1.807, 2.05) is 90.6 Å². The Kier molecular flexibility index (Phi) is 5.79. The van der Waals surface area contributed by atoms with Crippen LogP contribution in [-0.4, -0.2) is 61.3 Å². The fraction of sp³-hybridized carbons (Fsp3) is 0.261. The Balaban J connectivity index is 1.42. The topological polar surface area (TPSA) is 61.8 Å². The molecule has 1 saturated heterocycles. The quantitative estimate of drug-likeness (QED) is 0.651. The summed E-state index contributed by atoms with van der Waals surface area (Å²) in [5.41, 5.74) is 0.574. The minimum absolute atomic E-state index is 0.0183. The van der Waals surface area contributed by atoms with Gasteiger partial charge in [0.15, 0.2) is 11.6 Å². The van der Waals surface area contributed by atoms with Crippen molar-refractivity contribution < 1.29 is 9.53 Å². The summed E-state index contributed by atoms with van der Waals surface area (Å²) in [5, 5.41) is 8.57. The molecule has 3 aromatic rings. The van der Waals surface area contributed by atoms with Crippen LogP contribution in [0.3, 0.4) is 0 Å². The lowest BCUT2D eigenvalue weighted by atomic mass is 10.1. The standard InChI is InChI=1S/C23H25N5O2/c1-26(2)21-12-13-22(25-24-21)27-14-16-28(17-15-27)23(29)19-10-6-7-11-20(19)30-18-8-4-3-5-9-18/h3-13H,14-17H2,1-2H3. The molecule has 1 amide bonds. The minimum atomic E-state index is -0.0183. The van der Waals surface area contributed by atoms with Crippen molar-refractivity contribution in [3.05, 3.63) is 72.3 Å². The smallest absolute Gasteiger partial charge is 0.257 e. The van der Waals surface area contributed by atoms with Crippen LogP contribution < -0.4 is 14.5 Å². The number of ether oxygens (including phenoxy) is 1. The van der Waals surface area contributed by atoms with Gasteiger partial charge in [-0.15, -0.1) is 10.2 Å². The maximum absolute atomic E-state index is 13.2. The predicted molar refractivity (Wildman–Crippen MR) is 117 cm³/mol. The number of anilines is 2. The number of nitrogens with zero attached hydrogens (tertiary/aromatic N) is 5. The number of hydrogen-bond acceptors (Lipinski definition) is 6. The van der Waals surface area contributed by atoms with Crippen molar-refractivity contribution in [3.63, 3.8) is 0 Å². The van der Waals surface area contributed by atoms with Gasteiger partial charge in [0.1, 0.15) is 11.5 Å². The average Bonchev–Trinajstić information content (AvgIpc) is 2.80. The number of benzene rings is 2. The molecule has 30 heavy (non-hydrogen) atoms. The van der Waals surface area contributed by atoms with E-state index in [9.17, 15) is 4.79 Å². The molecule has 0 spiro atoms. The Morgan fingerprint density at radius 1 is 0.867 bits per heavy atom. The molecule has 1 aliphatic rings. The molecule has 7 nitrogen and oxygen atoms in total. The third-order valence-corrected chi connectivity index (χ3v) is 5.07. The van der Waals surface area contributed by atoms with E-state index in [1.54, 1.807) is 0 Å². The first-order valence-electron chi connectivity index (χ1n) is 9.99. The van der Waals surface area contributed by atoms with Crippen molar-refractivity contribution >= 4 is 17.5 Å². The number of hydrogen-bond donors (Lipinski definition) is 0. The molecule has 2 aromatic carbocycles. The van der Waals surface area contributed by atoms with Crippen LogP contribution in [0.5, 0.6) is 11.5 Å². The number of piperazine rings is 1. The number of para-hydroxylation sites is 2. The van der Waals surface area contributed by atoms with Crippen LogP contribution in [0.1, 0.15) is 10.4 Å². The first-order valence-corrected chi connectivity index (χ1v) is 9.99. The molecule has 154 valence electrons. The van der Waals surface area contributed by atoms with Gasteiger partial charge in [0.05, 0.1) is 5.56 Å². The van der Waals surface area contributed by atoms with E-state index in [1.165, 1.54) is 0 Å². The van der Waals surface area contributed by atoms with Gasteiger partial charge in [-0.1, -0.05) is 30.3 Å². The minimum Gasteiger partial charge on any atom is -0.457 e. The normalized spacial score (nSPS) is 13.8. The Bertz CT molecular complexity index is 984. The molecule has 0 saturated carbocycles. The van der Waals surface area contributed by atoms with Crippen molar-refractivity contribution in [3.8, 4) is 11.5 Å². The van der Waals surface area contributed by atoms with E-state index < -0.39 is 0 Å². The second-order valence-corrected chi connectivity index (χ2v) is 7.33. The highest BCUT2D eigenvalue weighted by Crippen LogP contribution is 2.26. The van der Waals surface area contributed by atoms with E-state index in [2.05, 4.69) is 15.1 Å². The summed E-state index contributed by atoms with van der Waals surface area (Å²) in [4.78, 5) is 19.1. The van der Waals surface area contributed by atoms with Crippen LogP contribution >= 0.6 is 0 Å². The maximum atomic E-state index is 13.2. The third-order valence-electron chi connectivity index (χ3n) is 5.07. The summed E-state index contributed by atoms with van der Waals surface area (Å²) in [5.74, 6) is 2.92. The van der Waals surface area contributed by atoms with Gasteiger partial charge in [0, 0.05) is 40.3 Å². The molecule has 1 fully saturated rings. The van der Waals surface area contributed by atoms with Crippen LogP contribution in [0.25, 0.3) is 0 Å². The van der Waals surface area contributed by atoms with Crippen LogP contribution in [0, 0.1) is 0 Å². The van der Waals surface area contributed by atoms with E-state index in [0.29, 0.717) is 43.2 Å². The highest BCUT2D eigenvalue weighted by atomic mass is 16.5. The van der Waals surface area contributed by atoms with Crippen molar-refractivity contribution in [2.75, 3.05) is 50.1 Å². The van der Waals surface area contributed by atoms with Crippen LogP contribution in [0.4, 0.5) is 11.6 Å². The number of amides is 1. The van der Waals surface area contributed by atoms with Gasteiger partial charge in [0.2, 0.25) is 0 Å². The molecule has 4 rings (SSSR count). The molecule has 0 aliphatic carbocycles. The fourth-order valence-corrected chi connectivity index (χ4v) is 3.38. The van der Waals surface area contributed by atoms with Crippen LogP contribution in [-0.2, 0) is 0 Å². The summed E-state index contributed by atoms with van der Waals surface area (Å²) in [6, 6.07) is 20.8. The van der Waals surface area contributed by atoms with Gasteiger partial charge in [-0.2, -0.15) is 0 Å². The number of aromatic nitrogens is 2. The van der Waals surface area contributed by atoms with Crippen LogP contribution in [0.2, 0.25) is 0 Å². The molecule has 0 N–H and O–H groups in total. The highest BCUT2D eigenvalue weighted by molar-refractivity contribution is 5.97. The molecule has 0 atom stereocenters. The number of carbonyl (C=O) groups excluding carboxylic acids is 1. The van der Waals surface area contributed by atoms with Crippen LogP contribution in [0.15, 0.2) is 66.7 Å². The summed E-state index contributed by atoms with van der Waals surface area (Å²) < 4.78 is 5.96. The molecular weight excluding hydrogens is 378 g/mol. The summed E-state index contributed by atoms with van der Waals surface area (Å²) in [6.07, 6.45) is 0. The van der Waals surface area contributed by atoms with Gasteiger partial charge < -0.3 is 19.4 Å². The van der Waals surface area contributed by atoms with E-state index >= 15 is 0 Å². The Morgan fingerprint density at radius 2 is 1.57 bits per heavy atom.